The van der Waals surface area contributed by atoms with Gasteiger partial charge in [0.25, 0.3) is 5.56 Å². The molecule has 0 spiro atoms. The van der Waals surface area contributed by atoms with Crippen LogP contribution in [0.3, 0.4) is 0 Å². The first kappa shape index (κ1) is 17.3. The molecule has 0 bridgehead atoms. The third kappa shape index (κ3) is 2.89. The highest BCUT2D eigenvalue weighted by atomic mass is 16.5. The number of aromatic nitrogens is 1. The Morgan fingerprint density at radius 3 is 2.48 bits per heavy atom. The molecule has 1 aliphatic carbocycles. The number of aryl methyl sites for hydroxylation is 1. The van der Waals surface area contributed by atoms with Gasteiger partial charge in [-0.05, 0) is 72.2 Å². The number of nitrogens with zero attached hydrogens (tertiary/aromatic N) is 1. The molecule has 0 amide bonds. The molecule has 4 rings (SSSR count). The first-order chi connectivity index (χ1) is 13.0. The zero-order valence-corrected chi connectivity index (χ0v) is 15.7. The number of fused-ring (bicyclic) bond motifs is 1. The quantitative estimate of drug-likeness (QED) is 0.713. The summed E-state index contributed by atoms with van der Waals surface area (Å²) < 4.78 is 6.41. The number of rotatable bonds is 4. The maximum absolute atomic E-state index is 12.9. The molecule has 1 fully saturated rings. The molecule has 138 valence electrons. The van der Waals surface area contributed by atoms with Gasteiger partial charge in [0.2, 0.25) is 0 Å². The van der Waals surface area contributed by atoms with Crippen molar-refractivity contribution in [1.82, 2.24) is 4.40 Å². The zero-order chi connectivity index (χ0) is 19.1. The van der Waals surface area contributed by atoms with Gasteiger partial charge >= 0.3 is 5.97 Å². The second-order valence-electron chi connectivity index (χ2n) is 6.98. The highest BCUT2D eigenvalue weighted by Crippen LogP contribution is 2.43. The topological polar surface area (TPSA) is 59.8 Å². The summed E-state index contributed by atoms with van der Waals surface area (Å²) in [4.78, 5) is 24.9. The van der Waals surface area contributed by atoms with Gasteiger partial charge in [-0.3, -0.25) is 9.20 Å². The van der Waals surface area contributed by atoms with Gasteiger partial charge in [-0.2, -0.15) is 0 Å². The predicted molar refractivity (Wildman–Crippen MR) is 107 cm³/mol. The molecule has 1 saturated carbocycles. The van der Waals surface area contributed by atoms with Crippen molar-refractivity contribution < 1.29 is 9.53 Å². The average molecular weight is 362 g/mol. The van der Waals surface area contributed by atoms with Crippen LogP contribution in [0.4, 0.5) is 5.69 Å². The third-order valence-corrected chi connectivity index (χ3v) is 5.32. The number of hydrogen-bond donors (Lipinski definition) is 1. The van der Waals surface area contributed by atoms with E-state index in [1.54, 1.807) is 16.7 Å². The summed E-state index contributed by atoms with van der Waals surface area (Å²) in [7, 11) is 3.19. The van der Waals surface area contributed by atoms with Gasteiger partial charge < -0.3 is 10.1 Å². The van der Waals surface area contributed by atoms with Crippen molar-refractivity contribution in [2.24, 2.45) is 0 Å². The lowest BCUT2D eigenvalue weighted by atomic mass is 9.96. The molecular weight excluding hydrogens is 340 g/mol. The van der Waals surface area contributed by atoms with Crippen LogP contribution in [0.5, 0.6) is 0 Å². The fourth-order valence-electron chi connectivity index (χ4n) is 3.69. The third-order valence-electron chi connectivity index (χ3n) is 5.32. The highest BCUT2D eigenvalue weighted by Gasteiger charge is 2.29. The summed E-state index contributed by atoms with van der Waals surface area (Å²) in [6.07, 6.45) is 3.92. The smallest absolute Gasteiger partial charge is 0.343 e. The summed E-state index contributed by atoms with van der Waals surface area (Å²) in [5.74, 6) is -0.190. The summed E-state index contributed by atoms with van der Waals surface area (Å²) >= 11 is 0. The van der Waals surface area contributed by atoms with Crippen molar-refractivity contribution in [3.63, 3.8) is 0 Å². The van der Waals surface area contributed by atoms with Crippen molar-refractivity contribution >= 4 is 17.2 Å². The Morgan fingerprint density at radius 2 is 1.89 bits per heavy atom. The molecular formula is C22H22N2O3. The van der Waals surface area contributed by atoms with Crippen LogP contribution in [0.1, 0.15) is 40.2 Å². The van der Waals surface area contributed by atoms with Crippen molar-refractivity contribution in [3.8, 4) is 11.1 Å². The first-order valence-corrected chi connectivity index (χ1v) is 9.10. The van der Waals surface area contributed by atoms with Crippen LogP contribution < -0.4 is 10.9 Å². The SMILES string of the molecule is CNc1ccc(-c2ccn3c(=O)c(C(=O)OC)cc(C4CC4)c3c2C)cc1. The van der Waals surface area contributed by atoms with Gasteiger partial charge in [-0.15, -0.1) is 0 Å². The van der Waals surface area contributed by atoms with Crippen molar-refractivity contribution in [2.75, 3.05) is 19.5 Å². The van der Waals surface area contributed by atoms with Gasteiger partial charge in [0.05, 0.1) is 12.6 Å². The standard InChI is InChI=1S/C22H22N2O3/c1-13-17(14-6-8-16(23-2)9-7-14)10-11-24-20(13)18(15-4-5-15)12-19(21(24)25)22(26)27-3/h6-12,15,23H,4-5H2,1-3H3. The number of benzene rings is 1. The van der Waals surface area contributed by atoms with Crippen LogP contribution >= 0.6 is 0 Å². The van der Waals surface area contributed by atoms with E-state index in [1.807, 2.05) is 32.2 Å². The molecule has 1 aromatic carbocycles. The van der Waals surface area contributed by atoms with E-state index in [-0.39, 0.29) is 11.1 Å². The minimum absolute atomic E-state index is 0.0995. The Hall–Kier alpha value is -3.08. The number of carbonyl (C=O) groups is 1. The molecule has 1 N–H and O–H groups in total. The monoisotopic (exact) mass is 362 g/mol. The first-order valence-electron chi connectivity index (χ1n) is 9.10. The van der Waals surface area contributed by atoms with Crippen LogP contribution in [0.25, 0.3) is 16.6 Å². The van der Waals surface area contributed by atoms with Crippen molar-refractivity contribution in [2.45, 2.75) is 25.7 Å². The van der Waals surface area contributed by atoms with Gasteiger partial charge in [0, 0.05) is 18.9 Å². The number of hydrogen-bond acceptors (Lipinski definition) is 4. The Bertz CT molecular complexity index is 1090. The summed E-state index contributed by atoms with van der Waals surface area (Å²) in [6, 6.07) is 11.9. The van der Waals surface area contributed by atoms with E-state index in [9.17, 15) is 9.59 Å². The summed E-state index contributed by atoms with van der Waals surface area (Å²) in [5.41, 5.74) is 6.01. The van der Waals surface area contributed by atoms with E-state index in [0.29, 0.717) is 5.92 Å². The normalized spacial score (nSPS) is 13.6. The van der Waals surface area contributed by atoms with Gasteiger partial charge in [0.1, 0.15) is 5.56 Å². The lowest BCUT2D eigenvalue weighted by Gasteiger charge is -2.16. The highest BCUT2D eigenvalue weighted by molar-refractivity contribution is 5.90. The van der Waals surface area contributed by atoms with Gasteiger partial charge in [-0.25, -0.2) is 4.79 Å². The molecule has 3 aromatic rings. The van der Waals surface area contributed by atoms with Crippen LogP contribution in [-0.4, -0.2) is 24.5 Å². The maximum atomic E-state index is 12.9. The molecule has 1 aliphatic rings. The predicted octanol–water partition coefficient (Wildman–Crippen LogP) is 3.98. The second-order valence-corrected chi connectivity index (χ2v) is 6.98. The Morgan fingerprint density at radius 1 is 1.19 bits per heavy atom. The van der Waals surface area contributed by atoms with E-state index in [0.717, 1.165) is 46.3 Å². The minimum Gasteiger partial charge on any atom is -0.465 e. The number of pyridine rings is 2. The molecule has 27 heavy (non-hydrogen) atoms. The van der Waals surface area contributed by atoms with E-state index in [2.05, 4.69) is 17.4 Å². The number of methoxy groups -OCH3 is 1. The number of ether oxygens (including phenoxy) is 1. The Kier molecular flexibility index (Phi) is 4.22. The summed E-state index contributed by atoms with van der Waals surface area (Å²) in [6.45, 7) is 2.04. The van der Waals surface area contributed by atoms with E-state index in [1.165, 1.54) is 7.11 Å². The lowest BCUT2D eigenvalue weighted by molar-refractivity contribution is 0.0598. The largest absolute Gasteiger partial charge is 0.465 e. The van der Waals surface area contributed by atoms with Crippen LogP contribution in [-0.2, 0) is 4.74 Å². The fourth-order valence-corrected chi connectivity index (χ4v) is 3.69. The van der Waals surface area contributed by atoms with Crippen LogP contribution in [0.15, 0.2) is 47.4 Å². The van der Waals surface area contributed by atoms with Crippen molar-refractivity contribution in [1.29, 1.82) is 0 Å². The molecule has 5 nitrogen and oxygen atoms in total. The summed E-state index contributed by atoms with van der Waals surface area (Å²) in [5, 5.41) is 3.12. The molecule has 0 unspecified atom stereocenters. The maximum Gasteiger partial charge on any atom is 0.343 e. The molecule has 0 atom stereocenters. The molecule has 5 heteroatoms. The number of esters is 1. The Balaban J connectivity index is 1.98. The lowest BCUT2D eigenvalue weighted by Crippen LogP contribution is -2.24. The molecule has 2 aromatic heterocycles. The molecule has 2 heterocycles. The van der Waals surface area contributed by atoms with E-state index < -0.39 is 5.97 Å². The minimum atomic E-state index is -0.583. The van der Waals surface area contributed by atoms with Gasteiger partial charge in [-0.1, -0.05) is 12.1 Å². The molecule has 0 aliphatic heterocycles. The second kappa shape index (κ2) is 6.58. The van der Waals surface area contributed by atoms with Crippen LogP contribution in [0, 0.1) is 6.92 Å². The fraction of sp³-hybridized carbons (Fsp3) is 0.273. The van der Waals surface area contributed by atoms with Crippen molar-refractivity contribution in [3.05, 3.63) is 69.6 Å². The molecule has 0 saturated heterocycles. The van der Waals surface area contributed by atoms with E-state index in [4.69, 9.17) is 4.74 Å². The number of anilines is 1. The average Bonchev–Trinajstić information content (AvgIpc) is 3.53. The molecule has 0 radical (unpaired) electrons. The number of nitrogens with one attached hydrogen (secondary N) is 1. The van der Waals surface area contributed by atoms with Crippen LogP contribution in [0.2, 0.25) is 0 Å². The van der Waals surface area contributed by atoms with Gasteiger partial charge in [0.15, 0.2) is 0 Å². The number of carbonyl (C=O) groups excluding carboxylic acids is 1. The Labute approximate surface area is 157 Å². The van der Waals surface area contributed by atoms with E-state index >= 15 is 0 Å². The zero-order valence-electron chi connectivity index (χ0n) is 15.7.